The third kappa shape index (κ3) is 4.25. The average molecular weight is 416 g/mol. The van der Waals surface area contributed by atoms with E-state index < -0.39 is 57.1 Å². The summed E-state index contributed by atoms with van der Waals surface area (Å²) in [6.07, 6.45) is -0.649. The van der Waals surface area contributed by atoms with Crippen molar-refractivity contribution in [3.8, 4) is 0 Å². The highest BCUT2D eigenvalue weighted by Gasteiger charge is 2.39. The number of halogens is 4. The van der Waals surface area contributed by atoms with Crippen molar-refractivity contribution in [2.75, 3.05) is 19.1 Å². The van der Waals surface area contributed by atoms with Crippen LogP contribution in [0.15, 0.2) is 47.8 Å². The monoisotopic (exact) mass is 416 g/mol. The third-order valence-electron chi connectivity index (χ3n) is 3.72. The smallest absolute Gasteiger partial charge is 0.419 e. The molecule has 1 heterocycles. The zero-order valence-corrected chi connectivity index (χ0v) is 14.8. The maximum absolute atomic E-state index is 13.9. The van der Waals surface area contributed by atoms with E-state index in [2.05, 4.69) is 9.47 Å². The first-order valence-electron chi connectivity index (χ1n) is 7.63. The highest BCUT2D eigenvalue weighted by atomic mass is 19.4. The van der Waals surface area contributed by atoms with Crippen LogP contribution in [-0.2, 0) is 25.2 Å². The van der Waals surface area contributed by atoms with Gasteiger partial charge in [0.15, 0.2) is 0 Å². The lowest BCUT2D eigenvalue weighted by Crippen LogP contribution is -2.28. The molecule has 12 heteroatoms. The SMILES string of the molecule is COC(=O)C1=C(C(=O)OC)N(c2cc(C(F)(F)F)c(F)cc2[N+](=O)[O-])C=CC=C1. The number of allylic oxidation sites excluding steroid dienone is 2. The summed E-state index contributed by atoms with van der Waals surface area (Å²) in [7, 11) is 1.92. The first-order chi connectivity index (χ1) is 13.5. The summed E-state index contributed by atoms with van der Waals surface area (Å²) in [5, 5.41) is 11.3. The van der Waals surface area contributed by atoms with E-state index in [9.17, 15) is 37.3 Å². The Morgan fingerprint density at radius 2 is 1.72 bits per heavy atom. The molecule has 0 atom stereocenters. The van der Waals surface area contributed by atoms with Crippen molar-refractivity contribution in [1.82, 2.24) is 0 Å². The molecule has 0 saturated heterocycles. The van der Waals surface area contributed by atoms with Crippen LogP contribution in [0.25, 0.3) is 0 Å². The van der Waals surface area contributed by atoms with Crippen LogP contribution < -0.4 is 4.90 Å². The van der Waals surface area contributed by atoms with Crippen LogP contribution in [0.4, 0.5) is 28.9 Å². The van der Waals surface area contributed by atoms with E-state index in [1.165, 1.54) is 12.2 Å². The standard InChI is InChI=1S/C17H12F4N2O6/c1-28-15(24)9-5-3-4-6-22(14(9)16(25)29-2)12-7-10(17(19,20)21)11(18)8-13(12)23(26)27/h3-8H,1-2H3. The fourth-order valence-electron chi connectivity index (χ4n) is 2.46. The normalized spacial score (nSPS) is 13.9. The number of carbonyl (C=O) groups excluding carboxylic acids is 2. The van der Waals surface area contributed by atoms with Crippen molar-refractivity contribution < 1.29 is 41.5 Å². The Bertz CT molecular complexity index is 965. The molecular weight excluding hydrogens is 404 g/mol. The number of alkyl halides is 3. The average Bonchev–Trinajstić information content (AvgIpc) is 2.88. The molecule has 0 amide bonds. The fraction of sp³-hybridized carbons (Fsp3) is 0.176. The summed E-state index contributed by atoms with van der Waals surface area (Å²) in [6, 6.07) is 0.248. The highest BCUT2D eigenvalue weighted by molar-refractivity contribution is 6.05. The second-order valence-electron chi connectivity index (χ2n) is 5.39. The fourth-order valence-corrected chi connectivity index (χ4v) is 2.46. The Hall–Kier alpha value is -3.70. The molecule has 1 aliphatic heterocycles. The Balaban J connectivity index is 2.90. The zero-order valence-electron chi connectivity index (χ0n) is 14.8. The number of benzene rings is 1. The lowest BCUT2D eigenvalue weighted by Gasteiger charge is -2.23. The summed E-state index contributed by atoms with van der Waals surface area (Å²) >= 11 is 0. The Kier molecular flexibility index (Phi) is 6.05. The van der Waals surface area contributed by atoms with Crippen molar-refractivity contribution in [3.05, 3.63) is 69.3 Å². The molecule has 29 heavy (non-hydrogen) atoms. The van der Waals surface area contributed by atoms with Crippen molar-refractivity contribution >= 4 is 23.3 Å². The van der Waals surface area contributed by atoms with E-state index in [-0.39, 0.29) is 12.1 Å². The molecule has 0 unspecified atom stereocenters. The van der Waals surface area contributed by atoms with Gasteiger partial charge in [0.2, 0.25) is 0 Å². The molecule has 0 spiro atoms. The molecular formula is C17H12F4N2O6. The van der Waals surface area contributed by atoms with Crippen LogP contribution in [0.2, 0.25) is 0 Å². The number of esters is 2. The highest BCUT2D eigenvalue weighted by Crippen LogP contribution is 2.40. The molecule has 0 bridgehead atoms. The number of hydrogen-bond acceptors (Lipinski definition) is 7. The van der Waals surface area contributed by atoms with Gasteiger partial charge in [0.05, 0.1) is 36.3 Å². The lowest BCUT2D eigenvalue weighted by molar-refractivity contribution is -0.384. The number of carbonyl (C=O) groups is 2. The van der Waals surface area contributed by atoms with Gasteiger partial charge in [-0.05, 0) is 18.2 Å². The van der Waals surface area contributed by atoms with Gasteiger partial charge >= 0.3 is 18.1 Å². The van der Waals surface area contributed by atoms with Crippen molar-refractivity contribution in [1.29, 1.82) is 0 Å². The lowest BCUT2D eigenvalue weighted by atomic mass is 10.1. The minimum absolute atomic E-state index is 0.0804. The van der Waals surface area contributed by atoms with Gasteiger partial charge in [-0.25, -0.2) is 14.0 Å². The molecule has 0 fully saturated rings. The van der Waals surface area contributed by atoms with Crippen LogP contribution >= 0.6 is 0 Å². The predicted molar refractivity (Wildman–Crippen MR) is 89.9 cm³/mol. The maximum Gasteiger partial charge on any atom is 0.419 e. The van der Waals surface area contributed by atoms with Gasteiger partial charge < -0.3 is 14.4 Å². The molecule has 2 rings (SSSR count). The van der Waals surface area contributed by atoms with Crippen molar-refractivity contribution in [2.45, 2.75) is 6.18 Å². The van der Waals surface area contributed by atoms with Crippen LogP contribution in [-0.4, -0.2) is 31.1 Å². The summed E-state index contributed by atoms with van der Waals surface area (Å²) in [5.74, 6) is -4.13. The van der Waals surface area contributed by atoms with Gasteiger partial charge in [0.25, 0.3) is 5.69 Å². The first-order valence-corrected chi connectivity index (χ1v) is 7.63. The van der Waals surface area contributed by atoms with E-state index in [0.29, 0.717) is 4.90 Å². The van der Waals surface area contributed by atoms with E-state index in [4.69, 9.17) is 0 Å². The minimum Gasteiger partial charge on any atom is -0.465 e. The number of methoxy groups -OCH3 is 2. The molecule has 0 aliphatic carbocycles. The van der Waals surface area contributed by atoms with E-state index in [0.717, 1.165) is 26.5 Å². The molecule has 154 valence electrons. The van der Waals surface area contributed by atoms with Gasteiger partial charge in [-0.1, -0.05) is 6.08 Å². The maximum atomic E-state index is 13.9. The van der Waals surface area contributed by atoms with Crippen molar-refractivity contribution in [2.24, 2.45) is 0 Å². The number of hydrogen-bond donors (Lipinski definition) is 0. The molecule has 0 saturated carbocycles. The van der Waals surface area contributed by atoms with Gasteiger partial charge in [-0.3, -0.25) is 10.1 Å². The van der Waals surface area contributed by atoms with Crippen LogP contribution in [0.3, 0.4) is 0 Å². The molecule has 1 aliphatic rings. The van der Waals surface area contributed by atoms with Crippen LogP contribution in [0.5, 0.6) is 0 Å². The molecule has 1 aromatic carbocycles. The molecule has 8 nitrogen and oxygen atoms in total. The second kappa shape index (κ2) is 8.12. The number of ether oxygens (including phenoxy) is 2. The third-order valence-corrected chi connectivity index (χ3v) is 3.72. The number of rotatable bonds is 4. The quantitative estimate of drug-likeness (QED) is 0.322. The molecule has 1 aromatic rings. The number of nitrogens with zero attached hydrogens (tertiary/aromatic N) is 2. The Morgan fingerprint density at radius 3 is 2.24 bits per heavy atom. The Labute approximate surface area is 160 Å². The van der Waals surface area contributed by atoms with Gasteiger partial charge in [-0.15, -0.1) is 0 Å². The predicted octanol–water partition coefficient (Wildman–Crippen LogP) is 3.24. The molecule has 0 N–H and O–H groups in total. The summed E-state index contributed by atoms with van der Waals surface area (Å²) < 4.78 is 62.4. The van der Waals surface area contributed by atoms with E-state index in [1.54, 1.807) is 0 Å². The zero-order chi connectivity index (χ0) is 21.9. The Morgan fingerprint density at radius 1 is 1.10 bits per heavy atom. The number of nitro benzene ring substituents is 1. The first kappa shape index (κ1) is 21.6. The minimum atomic E-state index is -5.18. The van der Waals surface area contributed by atoms with Gasteiger partial charge in [-0.2, -0.15) is 13.2 Å². The molecule has 0 radical (unpaired) electrons. The topological polar surface area (TPSA) is 99.0 Å². The van der Waals surface area contributed by atoms with Crippen molar-refractivity contribution in [3.63, 3.8) is 0 Å². The summed E-state index contributed by atoms with van der Waals surface area (Å²) in [5.41, 5.74) is -4.80. The number of nitro groups is 1. The van der Waals surface area contributed by atoms with E-state index >= 15 is 0 Å². The largest absolute Gasteiger partial charge is 0.465 e. The summed E-state index contributed by atoms with van der Waals surface area (Å²) in [4.78, 5) is 35.2. The number of anilines is 1. The van der Waals surface area contributed by atoms with E-state index in [1.807, 2.05) is 0 Å². The summed E-state index contributed by atoms with van der Waals surface area (Å²) in [6.45, 7) is 0. The van der Waals surface area contributed by atoms with Crippen LogP contribution in [0.1, 0.15) is 5.56 Å². The van der Waals surface area contributed by atoms with Gasteiger partial charge in [0.1, 0.15) is 17.2 Å². The van der Waals surface area contributed by atoms with Crippen LogP contribution in [0, 0.1) is 15.9 Å². The molecule has 0 aromatic heterocycles. The second-order valence-corrected chi connectivity index (χ2v) is 5.39. The van der Waals surface area contributed by atoms with Gasteiger partial charge in [0, 0.05) is 6.20 Å².